The average Bonchev–Trinajstić information content (AvgIpc) is 2.78. The first-order chi connectivity index (χ1) is 15.1. The number of aliphatic imine (C=N–C) groups is 1. The molecule has 0 saturated heterocycles. The molecule has 1 heterocycles. The molecule has 0 bridgehead atoms. The maximum absolute atomic E-state index is 5.77. The second-order valence-electron chi connectivity index (χ2n) is 6.41. The second kappa shape index (κ2) is 10.0. The lowest BCUT2D eigenvalue weighted by Gasteiger charge is -2.09. The lowest BCUT2D eigenvalue weighted by atomic mass is 10.0. The number of benzene rings is 2. The van der Waals surface area contributed by atoms with Gasteiger partial charge in [0, 0.05) is 5.71 Å². The molecule has 2 aromatic carbocycles. The van der Waals surface area contributed by atoms with Crippen LogP contribution in [-0.2, 0) is 0 Å². The van der Waals surface area contributed by atoms with Gasteiger partial charge in [-0.1, -0.05) is 18.2 Å². The van der Waals surface area contributed by atoms with E-state index < -0.39 is 0 Å². The van der Waals surface area contributed by atoms with Crippen molar-refractivity contribution in [3.05, 3.63) is 77.3 Å². The predicted octanol–water partition coefficient (Wildman–Crippen LogP) is 6.48. The zero-order valence-electron chi connectivity index (χ0n) is 16.2. The van der Waals surface area contributed by atoms with Crippen LogP contribution in [0.4, 0.5) is 23.0 Å². The molecule has 0 fully saturated rings. The quantitative estimate of drug-likeness (QED) is 0.354. The largest absolute Gasteiger partial charge is 0.278 e. The molecule has 0 radical (unpaired) electrons. The van der Waals surface area contributed by atoms with Crippen molar-refractivity contribution < 1.29 is 0 Å². The number of azo groups is 1. The Labute approximate surface area is 188 Å². The van der Waals surface area contributed by atoms with Gasteiger partial charge in [0.2, 0.25) is 10.6 Å². The van der Waals surface area contributed by atoms with E-state index in [9.17, 15) is 0 Å². The summed E-state index contributed by atoms with van der Waals surface area (Å²) in [6.07, 6.45) is 5.17. The molecule has 0 saturated carbocycles. The fourth-order valence-electron chi connectivity index (χ4n) is 2.65. The lowest BCUT2D eigenvalue weighted by Crippen LogP contribution is -2.09. The molecular weight excluding hydrogens is 435 g/mol. The van der Waals surface area contributed by atoms with Crippen LogP contribution in [-0.4, -0.2) is 26.4 Å². The van der Waals surface area contributed by atoms with Gasteiger partial charge in [-0.25, -0.2) is 4.99 Å². The van der Waals surface area contributed by atoms with Crippen LogP contribution >= 0.6 is 23.2 Å². The minimum atomic E-state index is 0.0122. The molecule has 1 N–H and O–H groups in total. The number of hydrogen-bond acceptors (Lipinski definition) is 8. The van der Waals surface area contributed by atoms with E-state index in [1.807, 2.05) is 66.7 Å². The number of nitrogens with zero attached hydrogens (tertiary/aromatic N) is 7. The Bertz CT molecular complexity index is 1150. The van der Waals surface area contributed by atoms with Gasteiger partial charge < -0.3 is 0 Å². The highest BCUT2D eigenvalue weighted by molar-refractivity contribution is 6.31. The van der Waals surface area contributed by atoms with Crippen LogP contribution in [0.2, 0.25) is 10.6 Å². The smallest absolute Gasteiger partial charge is 0.255 e. The summed E-state index contributed by atoms with van der Waals surface area (Å²) in [6.45, 7) is 0. The van der Waals surface area contributed by atoms with E-state index in [2.05, 4.69) is 40.7 Å². The van der Waals surface area contributed by atoms with Crippen molar-refractivity contribution in [1.29, 1.82) is 0 Å². The Balaban J connectivity index is 1.35. The van der Waals surface area contributed by atoms with Gasteiger partial charge in [0.25, 0.3) is 5.95 Å². The molecule has 1 aliphatic rings. The first-order valence-electron chi connectivity index (χ1n) is 9.36. The van der Waals surface area contributed by atoms with E-state index in [0.29, 0.717) is 6.42 Å². The Kier molecular flexibility index (Phi) is 6.71. The van der Waals surface area contributed by atoms with Gasteiger partial charge >= 0.3 is 0 Å². The number of allylic oxidation sites excluding steroid dienone is 2. The minimum absolute atomic E-state index is 0.0122. The van der Waals surface area contributed by atoms with E-state index in [-0.39, 0.29) is 16.5 Å². The molecule has 0 aliphatic heterocycles. The van der Waals surface area contributed by atoms with Gasteiger partial charge in [0.15, 0.2) is 0 Å². The molecule has 1 aromatic heterocycles. The van der Waals surface area contributed by atoms with Crippen molar-refractivity contribution in [3.63, 3.8) is 0 Å². The third-order valence-corrected chi connectivity index (χ3v) is 4.49. The van der Waals surface area contributed by atoms with Crippen LogP contribution in [0.1, 0.15) is 12.8 Å². The third-order valence-electron chi connectivity index (χ3n) is 4.15. The first-order valence-corrected chi connectivity index (χ1v) is 10.1. The van der Waals surface area contributed by atoms with E-state index in [4.69, 9.17) is 23.2 Å². The summed E-state index contributed by atoms with van der Waals surface area (Å²) >= 11 is 11.5. The highest BCUT2D eigenvalue weighted by Gasteiger charge is 2.09. The van der Waals surface area contributed by atoms with Gasteiger partial charge in [0.1, 0.15) is 0 Å². The number of halogens is 2. The zero-order valence-corrected chi connectivity index (χ0v) is 17.7. The normalized spacial score (nSPS) is 16.3. The summed E-state index contributed by atoms with van der Waals surface area (Å²) < 4.78 is 0. The van der Waals surface area contributed by atoms with Crippen LogP contribution in [0.25, 0.3) is 0 Å². The Morgan fingerprint density at radius 3 is 1.97 bits per heavy atom. The number of nitrogens with one attached hydrogen (secondary N) is 1. The van der Waals surface area contributed by atoms with Gasteiger partial charge in [-0.05, 0) is 84.6 Å². The van der Waals surface area contributed by atoms with Crippen molar-refractivity contribution in [2.45, 2.75) is 12.8 Å². The SMILES string of the molecule is Clc1nc(Cl)nc(N=C2C=CC(=NNc3ccc(N=Nc4ccccc4)cc3)CC2)n1. The Morgan fingerprint density at radius 2 is 1.32 bits per heavy atom. The molecule has 1 aliphatic carbocycles. The monoisotopic (exact) mass is 450 g/mol. The van der Waals surface area contributed by atoms with Crippen LogP contribution in [0.15, 0.2) is 87.1 Å². The fraction of sp³-hybridized carbons (Fsp3) is 0.0952. The minimum Gasteiger partial charge on any atom is -0.278 e. The predicted molar refractivity (Wildman–Crippen MR) is 123 cm³/mol. The van der Waals surface area contributed by atoms with E-state index >= 15 is 0 Å². The average molecular weight is 451 g/mol. The summed E-state index contributed by atoms with van der Waals surface area (Å²) in [5, 5.41) is 12.9. The Morgan fingerprint density at radius 1 is 0.710 bits per heavy atom. The molecule has 0 atom stereocenters. The van der Waals surface area contributed by atoms with Crippen LogP contribution in [0, 0.1) is 0 Å². The first kappa shape index (κ1) is 20.8. The molecule has 154 valence electrons. The molecular formula is C21H16Cl2N8. The van der Waals surface area contributed by atoms with Crippen molar-refractivity contribution in [2.24, 2.45) is 20.3 Å². The molecule has 10 heteroatoms. The molecule has 0 spiro atoms. The number of hydrazone groups is 1. The maximum atomic E-state index is 5.77. The van der Waals surface area contributed by atoms with Crippen LogP contribution in [0.3, 0.4) is 0 Å². The Hall–Kier alpha value is -3.49. The number of anilines is 1. The van der Waals surface area contributed by atoms with E-state index in [1.54, 1.807) is 0 Å². The number of hydrogen-bond donors (Lipinski definition) is 1. The number of rotatable bonds is 5. The lowest BCUT2D eigenvalue weighted by molar-refractivity contribution is 1.03. The van der Waals surface area contributed by atoms with Gasteiger partial charge in [-0.3, -0.25) is 5.43 Å². The highest BCUT2D eigenvalue weighted by atomic mass is 35.5. The third kappa shape index (κ3) is 6.24. The van der Waals surface area contributed by atoms with Crippen molar-refractivity contribution >= 4 is 57.6 Å². The topological polar surface area (TPSA) is 100 Å². The summed E-state index contributed by atoms with van der Waals surface area (Å²) in [6, 6.07) is 17.1. The van der Waals surface area contributed by atoms with Crippen molar-refractivity contribution in [3.8, 4) is 0 Å². The second-order valence-corrected chi connectivity index (χ2v) is 7.08. The van der Waals surface area contributed by atoms with Crippen molar-refractivity contribution in [2.75, 3.05) is 5.43 Å². The summed E-state index contributed by atoms with van der Waals surface area (Å²) in [5.41, 5.74) is 7.19. The summed E-state index contributed by atoms with van der Waals surface area (Å²) in [7, 11) is 0. The van der Waals surface area contributed by atoms with Gasteiger partial charge in [0.05, 0.1) is 22.8 Å². The molecule has 4 rings (SSSR count). The molecule has 0 unspecified atom stereocenters. The molecule has 3 aromatic rings. The maximum Gasteiger partial charge on any atom is 0.255 e. The van der Waals surface area contributed by atoms with Crippen LogP contribution in [0.5, 0.6) is 0 Å². The van der Waals surface area contributed by atoms with E-state index in [1.165, 1.54) is 0 Å². The fourth-order valence-corrected chi connectivity index (χ4v) is 3.00. The molecule has 31 heavy (non-hydrogen) atoms. The van der Waals surface area contributed by atoms with E-state index in [0.717, 1.165) is 34.9 Å². The van der Waals surface area contributed by atoms with Gasteiger partial charge in [-0.2, -0.15) is 30.3 Å². The standard InChI is InChI=1S/C21H16Cl2N8/c22-19-25-20(23)27-21(26-19)24-14-6-8-16(9-7-14)30-31-18-12-10-17(11-13-18)29-28-15-4-2-1-3-5-15/h1-6,8,10-13,31H,7,9H2. The number of aromatic nitrogens is 3. The molecule has 8 nitrogen and oxygen atoms in total. The van der Waals surface area contributed by atoms with Gasteiger partial charge in [-0.15, -0.1) is 0 Å². The zero-order chi connectivity index (χ0) is 21.5. The van der Waals surface area contributed by atoms with Crippen molar-refractivity contribution in [1.82, 2.24) is 15.0 Å². The highest BCUT2D eigenvalue weighted by Crippen LogP contribution is 2.20. The summed E-state index contributed by atoms with van der Waals surface area (Å²) in [5.74, 6) is 0.188. The molecule has 0 amide bonds. The summed E-state index contributed by atoms with van der Waals surface area (Å²) in [4.78, 5) is 15.9. The van der Waals surface area contributed by atoms with Crippen LogP contribution < -0.4 is 5.43 Å².